The molecule has 0 radical (unpaired) electrons. The zero-order chi connectivity index (χ0) is 12.3. The van der Waals surface area contributed by atoms with E-state index in [1.54, 1.807) is 0 Å². The van der Waals surface area contributed by atoms with Gasteiger partial charge in [-0.1, -0.05) is 19.1 Å². The third-order valence-corrected chi connectivity index (χ3v) is 3.48. The number of hydrogen-bond acceptors (Lipinski definition) is 2. The lowest BCUT2D eigenvalue weighted by Crippen LogP contribution is -2.29. The number of hydrogen-bond donors (Lipinski definition) is 0. The van der Waals surface area contributed by atoms with E-state index < -0.39 is 0 Å². The second-order valence-electron chi connectivity index (χ2n) is 4.70. The Kier molecular flexibility index (Phi) is 3.82. The molecule has 0 atom stereocenters. The number of fused-ring (bicyclic) bond motifs is 1. The number of Topliss-reactive ketones (excluding diaryl/α,β-unsaturated/α-hetero) is 1. The molecule has 0 aromatic heterocycles. The molecule has 0 spiro atoms. The minimum absolute atomic E-state index is 0.275. The summed E-state index contributed by atoms with van der Waals surface area (Å²) in [6.45, 7) is 6.37. The van der Waals surface area contributed by atoms with E-state index in [1.807, 2.05) is 6.07 Å². The van der Waals surface area contributed by atoms with Gasteiger partial charge in [0.25, 0.3) is 0 Å². The van der Waals surface area contributed by atoms with Crippen molar-refractivity contribution in [2.24, 2.45) is 0 Å². The molecule has 1 aromatic rings. The van der Waals surface area contributed by atoms with E-state index in [-0.39, 0.29) is 5.78 Å². The van der Waals surface area contributed by atoms with Gasteiger partial charge in [-0.3, -0.25) is 4.79 Å². The molecule has 0 aliphatic carbocycles. The van der Waals surface area contributed by atoms with Gasteiger partial charge in [-0.05, 0) is 37.8 Å². The van der Waals surface area contributed by atoms with Crippen LogP contribution in [0.5, 0.6) is 0 Å². The molecule has 0 saturated carbocycles. The highest BCUT2D eigenvalue weighted by molar-refractivity contribution is 5.97. The quantitative estimate of drug-likeness (QED) is 0.740. The summed E-state index contributed by atoms with van der Waals surface area (Å²) >= 11 is 0. The number of nitrogens with zero attached hydrogens (tertiary/aromatic N) is 1. The Morgan fingerprint density at radius 3 is 2.88 bits per heavy atom. The summed E-state index contributed by atoms with van der Waals surface area (Å²) in [4.78, 5) is 14.3. The summed E-state index contributed by atoms with van der Waals surface area (Å²) in [5, 5.41) is 0. The van der Waals surface area contributed by atoms with Crippen molar-refractivity contribution in [1.82, 2.24) is 0 Å². The normalized spacial score (nSPS) is 14.6. The van der Waals surface area contributed by atoms with Crippen LogP contribution in [0, 0.1) is 0 Å². The van der Waals surface area contributed by atoms with Crippen molar-refractivity contribution >= 4 is 11.5 Å². The highest BCUT2D eigenvalue weighted by Crippen LogP contribution is 2.28. The Labute approximate surface area is 104 Å². The van der Waals surface area contributed by atoms with E-state index in [4.69, 9.17) is 0 Å². The monoisotopic (exact) mass is 231 g/mol. The molecular weight excluding hydrogens is 210 g/mol. The summed E-state index contributed by atoms with van der Waals surface area (Å²) in [6, 6.07) is 6.23. The summed E-state index contributed by atoms with van der Waals surface area (Å²) in [5.41, 5.74) is 3.55. The van der Waals surface area contributed by atoms with E-state index in [2.05, 4.69) is 30.9 Å². The van der Waals surface area contributed by atoms with Crippen molar-refractivity contribution in [3.8, 4) is 0 Å². The second-order valence-corrected chi connectivity index (χ2v) is 4.70. The van der Waals surface area contributed by atoms with Gasteiger partial charge in [0, 0.05) is 30.8 Å². The van der Waals surface area contributed by atoms with Crippen LogP contribution in [0.1, 0.15) is 49.0 Å². The number of carbonyl (C=O) groups is 1. The van der Waals surface area contributed by atoms with E-state index >= 15 is 0 Å². The van der Waals surface area contributed by atoms with Crippen LogP contribution in [-0.2, 0) is 6.42 Å². The zero-order valence-corrected chi connectivity index (χ0v) is 10.8. The SMILES string of the molecule is CCCC(=O)c1ccc2c(c1)N(CC)CCC2. The molecule has 0 N–H and O–H groups in total. The molecular formula is C15H21NO. The van der Waals surface area contributed by atoms with Crippen molar-refractivity contribution in [2.75, 3.05) is 18.0 Å². The lowest BCUT2D eigenvalue weighted by atomic mass is 9.97. The summed E-state index contributed by atoms with van der Waals surface area (Å²) in [6.07, 6.45) is 3.95. The van der Waals surface area contributed by atoms with E-state index in [9.17, 15) is 4.79 Å². The number of benzene rings is 1. The van der Waals surface area contributed by atoms with Crippen LogP contribution in [0.2, 0.25) is 0 Å². The maximum Gasteiger partial charge on any atom is 0.162 e. The molecule has 0 fully saturated rings. The van der Waals surface area contributed by atoms with E-state index in [0.717, 1.165) is 31.5 Å². The third kappa shape index (κ3) is 2.51. The van der Waals surface area contributed by atoms with Gasteiger partial charge in [0.1, 0.15) is 0 Å². The van der Waals surface area contributed by atoms with Crippen molar-refractivity contribution in [3.05, 3.63) is 29.3 Å². The highest BCUT2D eigenvalue weighted by atomic mass is 16.1. The molecule has 0 amide bonds. The minimum Gasteiger partial charge on any atom is -0.372 e. The van der Waals surface area contributed by atoms with Crippen LogP contribution >= 0.6 is 0 Å². The zero-order valence-electron chi connectivity index (χ0n) is 10.8. The van der Waals surface area contributed by atoms with E-state index in [1.165, 1.54) is 17.7 Å². The van der Waals surface area contributed by atoms with Crippen molar-refractivity contribution in [3.63, 3.8) is 0 Å². The minimum atomic E-state index is 0.275. The highest BCUT2D eigenvalue weighted by Gasteiger charge is 2.17. The number of anilines is 1. The fourth-order valence-electron chi connectivity index (χ4n) is 2.52. The van der Waals surface area contributed by atoms with Crippen LogP contribution in [0.15, 0.2) is 18.2 Å². The first kappa shape index (κ1) is 12.2. The Morgan fingerprint density at radius 2 is 2.18 bits per heavy atom. The van der Waals surface area contributed by atoms with Crippen LogP contribution in [0.25, 0.3) is 0 Å². The lowest BCUT2D eigenvalue weighted by Gasteiger charge is -2.30. The summed E-state index contributed by atoms with van der Waals surface area (Å²) < 4.78 is 0. The first-order valence-electron chi connectivity index (χ1n) is 6.67. The Morgan fingerprint density at radius 1 is 1.35 bits per heavy atom. The molecule has 1 aromatic carbocycles. The largest absolute Gasteiger partial charge is 0.372 e. The molecule has 1 heterocycles. The first-order valence-corrected chi connectivity index (χ1v) is 6.67. The third-order valence-electron chi connectivity index (χ3n) is 3.48. The Hall–Kier alpha value is -1.31. The van der Waals surface area contributed by atoms with Gasteiger partial charge in [0.05, 0.1) is 0 Å². The van der Waals surface area contributed by atoms with Crippen LogP contribution in [-0.4, -0.2) is 18.9 Å². The lowest BCUT2D eigenvalue weighted by molar-refractivity contribution is 0.0982. The average Bonchev–Trinajstić information content (AvgIpc) is 2.37. The van der Waals surface area contributed by atoms with Gasteiger partial charge < -0.3 is 4.90 Å². The molecule has 1 aliphatic rings. The van der Waals surface area contributed by atoms with Crippen molar-refractivity contribution in [2.45, 2.75) is 39.5 Å². The predicted molar refractivity (Wildman–Crippen MR) is 71.9 cm³/mol. The van der Waals surface area contributed by atoms with Crippen LogP contribution in [0.3, 0.4) is 0 Å². The standard InChI is InChI=1S/C15H21NO/c1-3-6-15(17)13-9-8-12-7-5-10-16(4-2)14(12)11-13/h8-9,11H,3-7,10H2,1-2H3. The van der Waals surface area contributed by atoms with Gasteiger partial charge in [-0.15, -0.1) is 0 Å². The molecule has 2 heteroatoms. The van der Waals surface area contributed by atoms with Gasteiger partial charge in [-0.25, -0.2) is 0 Å². The molecule has 92 valence electrons. The predicted octanol–water partition coefficient (Wildman–Crippen LogP) is 3.44. The molecule has 0 saturated heterocycles. The van der Waals surface area contributed by atoms with Crippen molar-refractivity contribution < 1.29 is 4.79 Å². The number of rotatable bonds is 4. The molecule has 17 heavy (non-hydrogen) atoms. The van der Waals surface area contributed by atoms with Crippen LogP contribution < -0.4 is 4.90 Å². The fourth-order valence-corrected chi connectivity index (χ4v) is 2.52. The molecule has 0 bridgehead atoms. The summed E-state index contributed by atoms with van der Waals surface area (Å²) in [5.74, 6) is 0.275. The first-order chi connectivity index (χ1) is 8.26. The molecule has 2 nitrogen and oxygen atoms in total. The average molecular weight is 231 g/mol. The molecule has 2 rings (SSSR count). The van der Waals surface area contributed by atoms with E-state index in [0.29, 0.717) is 6.42 Å². The number of ketones is 1. The molecule has 1 aliphatic heterocycles. The number of aryl methyl sites for hydroxylation is 1. The smallest absolute Gasteiger partial charge is 0.162 e. The molecule has 0 unspecified atom stereocenters. The maximum absolute atomic E-state index is 11.9. The number of carbonyl (C=O) groups excluding carboxylic acids is 1. The van der Waals surface area contributed by atoms with Gasteiger partial charge in [0.2, 0.25) is 0 Å². The maximum atomic E-state index is 11.9. The van der Waals surface area contributed by atoms with Gasteiger partial charge in [-0.2, -0.15) is 0 Å². The van der Waals surface area contributed by atoms with Gasteiger partial charge in [0.15, 0.2) is 5.78 Å². The Bertz CT molecular complexity index is 411. The second kappa shape index (κ2) is 5.35. The topological polar surface area (TPSA) is 20.3 Å². The Balaban J connectivity index is 2.30. The fraction of sp³-hybridized carbons (Fsp3) is 0.533. The summed E-state index contributed by atoms with van der Waals surface area (Å²) in [7, 11) is 0. The van der Waals surface area contributed by atoms with Crippen LogP contribution in [0.4, 0.5) is 5.69 Å². The van der Waals surface area contributed by atoms with Gasteiger partial charge >= 0.3 is 0 Å². The van der Waals surface area contributed by atoms with Crippen molar-refractivity contribution in [1.29, 1.82) is 0 Å².